The van der Waals surface area contributed by atoms with Crippen molar-refractivity contribution in [2.75, 3.05) is 28.4 Å². The topological polar surface area (TPSA) is 154 Å². The first kappa shape index (κ1) is 35.5. The Morgan fingerprint density at radius 2 is 0.860 bits per heavy atom. The van der Waals surface area contributed by atoms with E-state index in [9.17, 15) is 9.59 Å². The molecule has 0 aliphatic carbocycles. The van der Waals surface area contributed by atoms with Gasteiger partial charge in [0, 0.05) is 46.5 Å². The van der Waals surface area contributed by atoms with Crippen LogP contribution in [-0.4, -0.2) is 69.9 Å². The summed E-state index contributed by atoms with van der Waals surface area (Å²) in [6, 6.07) is 11.0. The molecule has 0 unspecified atom stereocenters. The summed E-state index contributed by atoms with van der Waals surface area (Å²) in [7, 11) is 6.39. The van der Waals surface area contributed by atoms with E-state index in [1.165, 1.54) is 0 Å². The molecule has 0 aliphatic heterocycles. The number of aromatic amines is 2. The highest BCUT2D eigenvalue weighted by molar-refractivity contribution is 6.09. The third-order valence-corrected chi connectivity index (χ3v) is 7.91. The largest absolute Gasteiger partial charge is 0.497 e. The smallest absolute Gasteiger partial charge is 0.171 e. The van der Waals surface area contributed by atoms with E-state index < -0.39 is 10.8 Å². The van der Waals surface area contributed by atoms with Crippen molar-refractivity contribution in [2.45, 2.75) is 41.5 Å². The molecule has 0 spiro atoms. The minimum atomic E-state index is -0.494. The summed E-state index contributed by atoms with van der Waals surface area (Å²) in [4.78, 5) is 49.5. The maximum absolute atomic E-state index is 12.7. The molecule has 4 heterocycles. The Balaban J connectivity index is 0.000000194. The molecule has 0 bridgehead atoms. The van der Waals surface area contributed by atoms with Gasteiger partial charge in [-0.05, 0) is 24.3 Å². The molecule has 50 heavy (non-hydrogen) atoms. The van der Waals surface area contributed by atoms with Gasteiger partial charge in [-0.2, -0.15) is 0 Å². The van der Waals surface area contributed by atoms with Gasteiger partial charge in [-0.3, -0.25) is 9.59 Å². The van der Waals surface area contributed by atoms with Crippen LogP contribution in [0.15, 0.2) is 61.2 Å². The Hall–Kier alpha value is -5.78. The number of hydrogen-bond donors (Lipinski definition) is 2. The molecule has 0 radical (unpaired) electrons. The molecule has 260 valence electrons. The Bertz CT molecular complexity index is 1990. The highest BCUT2D eigenvalue weighted by atomic mass is 16.5. The summed E-state index contributed by atoms with van der Waals surface area (Å²) in [6.07, 6.45) is 6.68. The number of ether oxygens (including phenoxy) is 4. The van der Waals surface area contributed by atoms with E-state index in [-0.39, 0.29) is 11.6 Å². The first-order valence-corrected chi connectivity index (χ1v) is 15.9. The predicted octanol–water partition coefficient (Wildman–Crippen LogP) is 7.74. The number of ketones is 2. The van der Waals surface area contributed by atoms with Crippen molar-refractivity contribution in [1.29, 1.82) is 0 Å². The molecular formula is C38H42N6O6. The molecule has 0 saturated carbocycles. The van der Waals surface area contributed by atoms with Crippen LogP contribution >= 0.6 is 0 Å². The van der Waals surface area contributed by atoms with Crippen LogP contribution < -0.4 is 18.9 Å². The molecule has 12 heteroatoms. The summed E-state index contributed by atoms with van der Waals surface area (Å²) in [5.74, 6) is 2.70. The van der Waals surface area contributed by atoms with Gasteiger partial charge in [-0.25, -0.2) is 19.9 Å². The second-order valence-corrected chi connectivity index (χ2v) is 13.7. The van der Waals surface area contributed by atoms with E-state index in [0.717, 1.165) is 11.1 Å². The van der Waals surface area contributed by atoms with Crippen LogP contribution in [0.25, 0.3) is 44.8 Å². The second-order valence-electron chi connectivity index (χ2n) is 13.7. The molecule has 4 aromatic heterocycles. The van der Waals surface area contributed by atoms with E-state index in [1.807, 2.05) is 65.8 Å². The summed E-state index contributed by atoms with van der Waals surface area (Å²) in [5.41, 5.74) is 5.33. The van der Waals surface area contributed by atoms with Crippen LogP contribution in [0.2, 0.25) is 0 Å². The van der Waals surface area contributed by atoms with Crippen LogP contribution in [0.3, 0.4) is 0 Å². The molecule has 6 rings (SSSR count). The number of carbonyl (C=O) groups excluding carboxylic acids is 2. The van der Waals surface area contributed by atoms with Crippen LogP contribution in [0.4, 0.5) is 0 Å². The second kappa shape index (κ2) is 14.0. The molecule has 0 atom stereocenters. The van der Waals surface area contributed by atoms with E-state index in [2.05, 4.69) is 29.9 Å². The first-order chi connectivity index (χ1) is 23.7. The number of carbonyl (C=O) groups is 2. The fraction of sp³-hybridized carbons (Fsp3) is 0.316. The van der Waals surface area contributed by atoms with E-state index >= 15 is 0 Å². The zero-order valence-electron chi connectivity index (χ0n) is 30.0. The van der Waals surface area contributed by atoms with Crippen molar-refractivity contribution >= 4 is 33.9 Å². The Morgan fingerprint density at radius 1 is 0.540 bits per heavy atom. The monoisotopic (exact) mass is 678 g/mol. The third kappa shape index (κ3) is 7.44. The molecule has 0 amide bonds. The molecule has 0 aliphatic rings. The number of benzene rings is 2. The minimum absolute atomic E-state index is 0.0217. The van der Waals surface area contributed by atoms with Crippen molar-refractivity contribution in [3.05, 3.63) is 72.3 Å². The highest BCUT2D eigenvalue weighted by Crippen LogP contribution is 2.32. The Labute approximate surface area is 290 Å². The van der Waals surface area contributed by atoms with Crippen LogP contribution in [0.1, 0.15) is 62.3 Å². The number of nitrogens with zero attached hydrogens (tertiary/aromatic N) is 4. The zero-order valence-corrected chi connectivity index (χ0v) is 30.0. The summed E-state index contributed by atoms with van der Waals surface area (Å²) in [5, 5.41) is 0. The zero-order chi connectivity index (χ0) is 36.4. The van der Waals surface area contributed by atoms with E-state index in [0.29, 0.717) is 67.8 Å². The number of H-pyrrole nitrogens is 2. The van der Waals surface area contributed by atoms with Gasteiger partial charge in [0.1, 0.15) is 34.0 Å². The average Bonchev–Trinajstić information content (AvgIpc) is 3.73. The summed E-state index contributed by atoms with van der Waals surface area (Å²) >= 11 is 0. The maximum atomic E-state index is 12.7. The summed E-state index contributed by atoms with van der Waals surface area (Å²) < 4.78 is 21.2. The normalized spacial score (nSPS) is 11.6. The van der Waals surface area contributed by atoms with Crippen molar-refractivity contribution in [3.63, 3.8) is 0 Å². The minimum Gasteiger partial charge on any atom is -0.497 e. The van der Waals surface area contributed by atoms with Gasteiger partial charge in [0.2, 0.25) is 0 Å². The predicted molar refractivity (Wildman–Crippen MR) is 192 cm³/mol. The van der Waals surface area contributed by atoms with Crippen LogP contribution in [0.5, 0.6) is 23.0 Å². The molecule has 6 aromatic rings. The number of hydrogen-bond acceptors (Lipinski definition) is 10. The molecule has 2 aromatic carbocycles. The maximum Gasteiger partial charge on any atom is 0.171 e. The van der Waals surface area contributed by atoms with E-state index in [1.54, 1.807) is 65.4 Å². The number of fused-ring (bicyclic) bond motifs is 2. The lowest BCUT2D eigenvalue weighted by Crippen LogP contribution is -2.20. The lowest BCUT2D eigenvalue weighted by atomic mass is 9.87. The van der Waals surface area contributed by atoms with Gasteiger partial charge in [0.15, 0.2) is 22.9 Å². The van der Waals surface area contributed by atoms with Gasteiger partial charge < -0.3 is 28.9 Å². The van der Waals surface area contributed by atoms with Crippen LogP contribution in [-0.2, 0) is 0 Å². The Morgan fingerprint density at radius 3 is 1.14 bits per heavy atom. The number of rotatable bonds is 8. The van der Waals surface area contributed by atoms with Gasteiger partial charge in [0.25, 0.3) is 0 Å². The van der Waals surface area contributed by atoms with Gasteiger partial charge in [-0.15, -0.1) is 0 Å². The van der Waals surface area contributed by atoms with Crippen molar-refractivity contribution in [1.82, 2.24) is 29.9 Å². The number of aromatic nitrogens is 6. The van der Waals surface area contributed by atoms with Crippen molar-refractivity contribution in [3.8, 4) is 45.5 Å². The standard InChI is InChI=1S/2C19H21N3O3/c2*1-19(2,3)17(23)14-9-20-18-16(14)22-15(10-21-18)11-6-12(24-4)8-13(7-11)25-5/h2*6-10H,1-5H3,(H,20,21). The SMILES string of the molecule is COc1cc(OC)cc(-c2cnc3[nH]cc(C(=O)C(C)(C)C)c3n2)c1.COc1cc(OC)cc(-c2cnc3[nH]cc(C(=O)C(C)(C)C)c3n2)c1. The first-order valence-electron chi connectivity index (χ1n) is 15.9. The molecule has 12 nitrogen and oxygen atoms in total. The Kier molecular flexibility index (Phi) is 9.94. The fourth-order valence-electron chi connectivity index (χ4n) is 5.13. The quantitative estimate of drug-likeness (QED) is 0.153. The van der Waals surface area contributed by atoms with Gasteiger partial charge in [-0.1, -0.05) is 41.5 Å². The fourth-order valence-corrected chi connectivity index (χ4v) is 5.13. The molecule has 2 N–H and O–H groups in total. The molecule has 0 fully saturated rings. The number of Topliss-reactive ketones (excluding diaryl/α,β-unsaturated/α-hetero) is 2. The highest BCUT2D eigenvalue weighted by Gasteiger charge is 2.28. The average molecular weight is 679 g/mol. The lowest BCUT2D eigenvalue weighted by molar-refractivity contribution is 0.0854. The molecular weight excluding hydrogens is 636 g/mol. The number of nitrogens with one attached hydrogen (secondary N) is 2. The molecule has 0 saturated heterocycles. The number of methoxy groups -OCH3 is 4. The van der Waals surface area contributed by atoms with E-state index in [4.69, 9.17) is 18.9 Å². The van der Waals surface area contributed by atoms with Gasteiger partial charge >= 0.3 is 0 Å². The lowest BCUT2D eigenvalue weighted by Gasteiger charge is -2.15. The summed E-state index contributed by atoms with van der Waals surface area (Å²) in [6.45, 7) is 11.3. The van der Waals surface area contributed by atoms with Crippen molar-refractivity contribution in [2.24, 2.45) is 10.8 Å². The van der Waals surface area contributed by atoms with Crippen molar-refractivity contribution < 1.29 is 28.5 Å². The van der Waals surface area contributed by atoms with Crippen LogP contribution in [0, 0.1) is 10.8 Å². The third-order valence-electron chi connectivity index (χ3n) is 7.91. The van der Waals surface area contributed by atoms with Gasteiger partial charge in [0.05, 0.1) is 63.3 Å².